The molecule has 1 saturated carbocycles. The maximum absolute atomic E-state index is 12.5. The number of hydrogen-bond donors (Lipinski definition) is 2. The molecule has 5 nitrogen and oxygen atoms in total. The highest BCUT2D eigenvalue weighted by Gasteiger charge is 2.33. The standard InChI is InChI=1S/C18H20N2O3S/c1-24(22,23)20-16-11-9-15(10-12-16)18(21)19-17(14-7-8-14)13-5-3-2-4-6-13/h2-6,9-12,14,17,20H,7-8H2,1H3,(H,19,21). The van der Waals surface area contributed by atoms with E-state index >= 15 is 0 Å². The second-order valence-electron chi connectivity index (χ2n) is 6.15. The molecule has 0 bridgehead atoms. The molecule has 1 fully saturated rings. The van der Waals surface area contributed by atoms with Gasteiger partial charge in [-0.3, -0.25) is 9.52 Å². The zero-order valence-electron chi connectivity index (χ0n) is 13.4. The lowest BCUT2D eigenvalue weighted by molar-refractivity contribution is 0.0931. The van der Waals surface area contributed by atoms with Crippen molar-refractivity contribution in [1.82, 2.24) is 5.32 Å². The van der Waals surface area contributed by atoms with Crippen LogP contribution in [0.3, 0.4) is 0 Å². The predicted molar refractivity (Wildman–Crippen MR) is 94.3 cm³/mol. The van der Waals surface area contributed by atoms with E-state index in [0.29, 0.717) is 17.2 Å². The Hall–Kier alpha value is -2.34. The van der Waals surface area contributed by atoms with Gasteiger partial charge < -0.3 is 5.32 Å². The molecule has 2 N–H and O–H groups in total. The summed E-state index contributed by atoms with van der Waals surface area (Å²) in [5.74, 6) is 0.337. The molecule has 1 aliphatic rings. The fraction of sp³-hybridized carbons (Fsp3) is 0.278. The summed E-state index contributed by atoms with van der Waals surface area (Å²) in [4.78, 5) is 12.5. The largest absolute Gasteiger partial charge is 0.345 e. The maximum atomic E-state index is 12.5. The lowest BCUT2D eigenvalue weighted by atomic mass is 10.0. The van der Waals surface area contributed by atoms with Gasteiger partial charge in [-0.05, 0) is 48.6 Å². The quantitative estimate of drug-likeness (QED) is 0.846. The van der Waals surface area contributed by atoms with Gasteiger partial charge >= 0.3 is 0 Å². The Kier molecular flexibility index (Phi) is 4.57. The molecule has 0 heterocycles. The van der Waals surface area contributed by atoms with E-state index in [-0.39, 0.29) is 11.9 Å². The fourth-order valence-electron chi connectivity index (χ4n) is 2.69. The molecule has 0 saturated heterocycles. The fourth-order valence-corrected chi connectivity index (χ4v) is 3.26. The number of amides is 1. The number of benzene rings is 2. The molecular formula is C18H20N2O3S. The van der Waals surface area contributed by atoms with Crippen molar-refractivity contribution in [3.05, 3.63) is 65.7 Å². The van der Waals surface area contributed by atoms with Crippen molar-refractivity contribution in [2.45, 2.75) is 18.9 Å². The van der Waals surface area contributed by atoms with Crippen molar-refractivity contribution < 1.29 is 13.2 Å². The summed E-state index contributed by atoms with van der Waals surface area (Å²) in [5, 5.41) is 3.10. The third kappa shape index (κ3) is 4.35. The Bertz CT molecular complexity index is 813. The first-order chi connectivity index (χ1) is 11.4. The van der Waals surface area contributed by atoms with E-state index in [1.54, 1.807) is 24.3 Å². The van der Waals surface area contributed by atoms with Crippen molar-refractivity contribution in [1.29, 1.82) is 0 Å². The van der Waals surface area contributed by atoms with Crippen LogP contribution in [0.15, 0.2) is 54.6 Å². The van der Waals surface area contributed by atoms with Crippen molar-refractivity contribution >= 4 is 21.6 Å². The van der Waals surface area contributed by atoms with Crippen LogP contribution in [0.2, 0.25) is 0 Å². The highest BCUT2D eigenvalue weighted by molar-refractivity contribution is 7.92. The summed E-state index contributed by atoms with van der Waals surface area (Å²) in [5.41, 5.74) is 2.06. The summed E-state index contributed by atoms with van der Waals surface area (Å²) in [6.07, 6.45) is 3.34. The predicted octanol–water partition coefficient (Wildman–Crippen LogP) is 2.94. The minimum Gasteiger partial charge on any atom is -0.345 e. The van der Waals surface area contributed by atoms with Crippen molar-refractivity contribution in [3.63, 3.8) is 0 Å². The van der Waals surface area contributed by atoms with Gasteiger partial charge in [-0.15, -0.1) is 0 Å². The third-order valence-corrected chi connectivity index (χ3v) is 4.60. The second kappa shape index (κ2) is 6.65. The molecule has 0 aromatic heterocycles. The number of sulfonamides is 1. The van der Waals surface area contributed by atoms with Gasteiger partial charge in [0.25, 0.3) is 5.91 Å². The number of rotatable bonds is 6. The van der Waals surface area contributed by atoms with Gasteiger partial charge in [-0.1, -0.05) is 30.3 Å². The second-order valence-corrected chi connectivity index (χ2v) is 7.90. The molecule has 126 valence electrons. The van der Waals surface area contributed by atoms with Crippen LogP contribution in [0.25, 0.3) is 0 Å². The van der Waals surface area contributed by atoms with Crippen LogP contribution in [-0.4, -0.2) is 20.6 Å². The van der Waals surface area contributed by atoms with Gasteiger partial charge in [0.2, 0.25) is 10.0 Å². The van der Waals surface area contributed by atoms with Crippen LogP contribution in [0.4, 0.5) is 5.69 Å². The maximum Gasteiger partial charge on any atom is 0.251 e. The lowest BCUT2D eigenvalue weighted by Gasteiger charge is -2.19. The summed E-state index contributed by atoms with van der Waals surface area (Å²) in [6.45, 7) is 0. The van der Waals surface area contributed by atoms with Gasteiger partial charge in [-0.25, -0.2) is 8.42 Å². The molecule has 1 amide bonds. The minimum atomic E-state index is -3.32. The third-order valence-electron chi connectivity index (χ3n) is 3.99. The zero-order valence-corrected chi connectivity index (χ0v) is 14.2. The van der Waals surface area contributed by atoms with Gasteiger partial charge in [0.1, 0.15) is 0 Å². The normalized spacial score (nSPS) is 15.5. The molecule has 0 radical (unpaired) electrons. The SMILES string of the molecule is CS(=O)(=O)Nc1ccc(C(=O)NC(c2ccccc2)C2CC2)cc1. The highest BCUT2D eigenvalue weighted by atomic mass is 32.2. The number of anilines is 1. The molecule has 6 heteroatoms. The van der Waals surface area contributed by atoms with Crippen LogP contribution < -0.4 is 10.0 Å². The molecule has 0 spiro atoms. The van der Waals surface area contributed by atoms with Crippen LogP contribution in [0, 0.1) is 5.92 Å². The molecule has 1 aliphatic carbocycles. The molecule has 2 aromatic carbocycles. The Morgan fingerprint density at radius 2 is 1.67 bits per heavy atom. The Labute approximate surface area is 142 Å². The Morgan fingerprint density at radius 3 is 2.21 bits per heavy atom. The molecule has 3 rings (SSSR count). The van der Waals surface area contributed by atoms with E-state index in [1.807, 2.05) is 30.3 Å². The number of carbonyl (C=O) groups excluding carboxylic acids is 1. The van der Waals surface area contributed by atoms with Crippen LogP contribution >= 0.6 is 0 Å². The first-order valence-corrected chi connectivity index (χ1v) is 9.75. The first kappa shape index (κ1) is 16.5. The summed E-state index contributed by atoms with van der Waals surface area (Å²) in [6, 6.07) is 16.4. The topological polar surface area (TPSA) is 75.3 Å². The monoisotopic (exact) mass is 344 g/mol. The first-order valence-electron chi connectivity index (χ1n) is 7.86. The number of nitrogens with one attached hydrogen (secondary N) is 2. The lowest BCUT2D eigenvalue weighted by Crippen LogP contribution is -2.29. The van der Waals surface area contributed by atoms with E-state index in [1.165, 1.54) is 0 Å². The highest BCUT2D eigenvalue weighted by Crippen LogP contribution is 2.41. The minimum absolute atomic E-state index is 0.0209. The number of hydrogen-bond acceptors (Lipinski definition) is 3. The Balaban J connectivity index is 1.71. The van der Waals surface area contributed by atoms with Crippen molar-refractivity contribution in [2.24, 2.45) is 5.92 Å². The average Bonchev–Trinajstić information content (AvgIpc) is 3.37. The number of carbonyl (C=O) groups is 1. The van der Waals surface area contributed by atoms with E-state index in [4.69, 9.17) is 0 Å². The Morgan fingerprint density at radius 1 is 1.04 bits per heavy atom. The molecule has 2 aromatic rings. The summed E-state index contributed by atoms with van der Waals surface area (Å²) in [7, 11) is -3.32. The van der Waals surface area contributed by atoms with E-state index in [9.17, 15) is 13.2 Å². The van der Waals surface area contributed by atoms with Gasteiger partial charge in [0.05, 0.1) is 12.3 Å². The molecule has 24 heavy (non-hydrogen) atoms. The van der Waals surface area contributed by atoms with Crippen LogP contribution in [-0.2, 0) is 10.0 Å². The van der Waals surface area contributed by atoms with E-state index in [0.717, 1.165) is 24.7 Å². The molecule has 1 unspecified atom stereocenters. The van der Waals surface area contributed by atoms with Gasteiger partial charge in [0, 0.05) is 11.3 Å². The summed E-state index contributed by atoms with van der Waals surface area (Å²) >= 11 is 0. The van der Waals surface area contributed by atoms with Gasteiger partial charge in [-0.2, -0.15) is 0 Å². The van der Waals surface area contributed by atoms with E-state index in [2.05, 4.69) is 10.0 Å². The van der Waals surface area contributed by atoms with Crippen LogP contribution in [0.5, 0.6) is 0 Å². The molecule has 1 atom stereocenters. The average molecular weight is 344 g/mol. The van der Waals surface area contributed by atoms with Crippen LogP contribution in [0.1, 0.15) is 34.8 Å². The van der Waals surface area contributed by atoms with Crippen molar-refractivity contribution in [3.8, 4) is 0 Å². The molecular weight excluding hydrogens is 324 g/mol. The smallest absolute Gasteiger partial charge is 0.251 e. The molecule has 0 aliphatic heterocycles. The van der Waals surface area contributed by atoms with Gasteiger partial charge in [0.15, 0.2) is 0 Å². The van der Waals surface area contributed by atoms with Crippen molar-refractivity contribution in [2.75, 3.05) is 11.0 Å². The zero-order chi connectivity index (χ0) is 17.2. The van der Waals surface area contributed by atoms with E-state index < -0.39 is 10.0 Å². The summed E-state index contributed by atoms with van der Waals surface area (Å²) < 4.78 is 24.8.